The normalized spacial score (nSPS) is 26.0. The molecule has 200 valence electrons. The fraction of sp³-hybridized carbons (Fsp3) is 0.548. The molecule has 4 aliphatic heterocycles. The van der Waals surface area contributed by atoms with Crippen molar-refractivity contribution >= 4 is 22.6 Å². The van der Waals surface area contributed by atoms with Gasteiger partial charge < -0.3 is 14.4 Å². The van der Waals surface area contributed by atoms with E-state index in [2.05, 4.69) is 91.7 Å². The number of fused-ring (bicyclic) bond motifs is 2. The molecule has 0 saturated carbocycles. The average Bonchev–Trinajstić information content (AvgIpc) is 3.55. The number of pyridine rings is 1. The largest absolute Gasteiger partial charge is 0.370 e. The summed E-state index contributed by atoms with van der Waals surface area (Å²) in [6.07, 6.45) is 15.6. The zero-order valence-electron chi connectivity index (χ0n) is 23.0. The number of aliphatic imine (C=N–C) groups is 1. The van der Waals surface area contributed by atoms with Crippen LogP contribution in [0.25, 0.3) is 11.0 Å². The van der Waals surface area contributed by atoms with Crippen LogP contribution in [0.5, 0.6) is 0 Å². The van der Waals surface area contributed by atoms with E-state index in [1.165, 1.54) is 55.8 Å². The Morgan fingerprint density at radius 3 is 2.53 bits per heavy atom. The van der Waals surface area contributed by atoms with Gasteiger partial charge >= 0.3 is 0 Å². The summed E-state index contributed by atoms with van der Waals surface area (Å²) in [7, 11) is 0. The summed E-state index contributed by atoms with van der Waals surface area (Å²) in [5.41, 5.74) is 4.21. The highest BCUT2D eigenvalue weighted by atomic mass is 15.3. The van der Waals surface area contributed by atoms with Crippen molar-refractivity contribution in [2.24, 2.45) is 16.3 Å². The van der Waals surface area contributed by atoms with Crippen molar-refractivity contribution in [3.63, 3.8) is 0 Å². The van der Waals surface area contributed by atoms with Crippen molar-refractivity contribution in [3.05, 3.63) is 60.6 Å². The predicted molar refractivity (Wildman–Crippen MR) is 156 cm³/mol. The number of nitrogens with zero attached hydrogens (tertiary/aromatic N) is 7. The molecular formula is C31H41N7. The third-order valence-corrected chi connectivity index (χ3v) is 9.50. The molecule has 5 aliphatic rings. The lowest BCUT2D eigenvalue weighted by Gasteiger charge is -2.49. The molecular weight excluding hydrogens is 470 g/mol. The summed E-state index contributed by atoms with van der Waals surface area (Å²) in [5, 5.41) is 1.24. The van der Waals surface area contributed by atoms with Crippen LogP contribution in [0.3, 0.4) is 0 Å². The van der Waals surface area contributed by atoms with E-state index in [0.29, 0.717) is 11.3 Å². The molecule has 1 aliphatic carbocycles. The summed E-state index contributed by atoms with van der Waals surface area (Å²) < 4.78 is 2.36. The number of hydrogen-bond donors (Lipinski definition) is 0. The topological polar surface area (TPSA) is 43.1 Å². The molecule has 38 heavy (non-hydrogen) atoms. The fourth-order valence-electron chi connectivity index (χ4n) is 6.74. The molecule has 7 heteroatoms. The lowest BCUT2D eigenvalue weighted by atomic mass is 9.82. The molecule has 0 radical (unpaired) electrons. The first-order chi connectivity index (χ1) is 18.5. The minimum absolute atomic E-state index is 0.331. The van der Waals surface area contributed by atoms with Crippen LogP contribution in [0.4, 0.5) is 5.82 Å². The minimum atomic E-state index is 0.331. The lowest BCUT2D eigenvalue weighted by Crippen LogP contribution is -2.61. The Morgan fingerprint density at radius 2 is 1.71 bits per heavy atom. The minimum Gasteiger partial charge on any atom is -0.370 e. The standard InChI is InChI=1S/C31H41N7/c1-31(2)10-14-35(15-11-31)25-22-34(23-25)16-17-38-13-9-24-6-7-29(33-30(24)38)37-20-18-36(19-21-37)28-5-3-4-27-26(28)8-12-32-27/h3-9,12-13,25-26H,10-11,14-23H2,1-2H3. The van der Waals surface area contributed by atoms with E-state index in [1.807, 2.05) is 6.20 Å². The van der Waals surface area contributed by atoms with Gasteiger partial charge in [0.05, 0.1) is 11.6 Å². The predicted octanol–water partition coefficient (Wildman–Crippen LogP) is 4.00. The molecule has 0 amide bonds. The van der Waals surface area contributed by atoms with Gasteiger partial charge in [0.15, 0.2) is 0 Å². The third-order valence-electron chi connectivity index (χ3n) is 9.50. The second-order valence-corrected chi connectivity index (χ2v) is 12.5. The molecule has 2 aromatic rings. The van der Waals surface area contributed by atoms with Gasteiger partial charge in [-0.1, -0.05) is 26.0 Å². The lowest BCUT2D eigenvalue weighted by molar-refractivity contribution is 0.00117. The van der Waals surface area contributed by atoms with Gasteiger partial charge in [0, 0.05) is 81.9 Å². The van der Waals surface area contributed by atoms with Crippen molar-refractivity contribution in [2.75, 3.05) is 63.8 Å². The van der Waals surface area contributed by atoms with Crippen molar-refractivity contribution in [1.82, 2.24) is 24.3 Å². The molecule has 6 heterocycles. The van der Waals surface area contributed by atoms with Crippen molar-refractivity contribution in [3.8, 4) is 0 Å². The molecule has 1 unspecified atom stereocenters. The number of piperazine rings is 1. The molecule has 0 aromatic carbocycles. The van der Waals surface area contributed by atoms with Gasteiger partial charge in [-0.2, -0.15) is 0 Å². The van der Waals surface area contributed by atoms with Crippen molar-refractivity contribution < 1.29 is 0 Å². The summed E-state index contributed by atoms with van der Waals surface area (Å²) in [6.45, 7) is 16.0. The molecule has 3 fully saturated rings. The van der Waals surface area contributed by atoms with E-state index in [9.17, 15) is 0 Å². The van der Waals surface area contributed by atoms with Crippen molar-refractivity contribution in [1.29, 1.82) is 0 Å². The second kappa shape index (κ2) is 9.69. The Hall–Kier alpha value is -2.90. The van der Waals surface area contributed by atoms with Gasteiger partial charge in [-0.05, 0) is 61.7 Å². The van der Waals surface area contributed by atoms with E-state index in [1.54, 1.807) is 0 Å². The van der Waals surface area contributed by atoms with Crippen LogP contribution in [0.2, 0.25) is 0 Å². The Balaban J connectivity index is 0.941. The SMILES string of the molecule is CC1(C)CCN(C2CN(CCn3ccc4ccc(N5CCN(C6=CC=CC7=NC=CC67)CC5)nc43)C2)CC1. The van der Waals surface area contributed by atoms with Crippen LogP contribution in [0.15, 0.2) is 65.6 Å². The van der Waals surface area contributed by atoms with E-state index >= 15 is 0 Å². The monoisotopic (exact) mass is 511 g/mol. The first-order valence-electron chi connectivity index (χ1n) is 14.6. The second-order valence-electron chi connectivity index (χ2n) is 12.5. The Labute approximate surface area is 226 Å². The smallest absolute Gasteiger partial charge is 0.142 e. The quantitative estimate of drug-likeness (QED) is 0.587. The van der Waals surface area contributed by atoms with Gasteiger partial charge in [-0.15, -0.1) is 0 Å². The molecule has 3 saturated heterocycles. The molecule has 0 spiro atoms. The summed E-state index contributed by atoms with van der Waals surface area (Å²) in [5.74, 6) is 1.44. The van der Waals surface area contributed by atoms with Crippen LogP contribution >= 0.6 is 0 Å². The molecule has 0 N–H and O–H groups in total. The van der Waals surface area contributed by atoms with Gasteiger partial charge in [0.2, 0.25) is 0 Å². The Morgan fingerprint density at radius 1 is 0.921 bits per heavy atom. The Kier molecular flexibility index (Phi) is 6.16. The fourth-order valence-corrected chi connectivity index (χ4v) is 6.74. The number of piperidine rings is 1. The highest BCUT2D eigenvalue weighted by Crippen LogP contribution is 2.32. The van der Waals surface area contributed by atoms with Gasteiger partial charge in [0.25, 0.3) is 0 Å². The zero-order valence-corrected chi connectivity index (χ0v) is 23.0. The van der Waals surface area contributed by atoms with E-state index in [-0.39, 0.29) is 0 Å². The summed E-state index contributed by atoms with van der Waals surface area (Å²) in [4.78, 5) is 20.0. The number of likely N-dealkylation sites (tertiary alicyclic amines) is 2. The number of anilines is 1. The van der Waals surface area contributed by atoms with Crippen LogP contribution < -0.4 is 4.90 Å². The van der Waals surface area contributed by atoms with E-state index in [4.69, 9.17) is 4.98 Å². The number of aromatic nitrogens is 2. The highest BCUT2D eigenvalue weighted by Gasteiger charge is 2.35. The van der Waals surface area contributed by atoms with Gasteiger partial charge in [-0.25, -0.2) is 4.98 Å². The summed E-state index contributed by atoms with van der Waals surface area (Å²) >= 11 is 0. The van der Waals surface area contributed by atoms with Crippen molar-refractivity contribution in [2.45, 2.75) is 39.3 Å². The maximum Gasteiger partial charge on any atom is 0.142 e. The molecule has 0 bridgehead atoms. The van der Waals surface area contributed by atoms with Crippen LogP contribution in [0, 0.1) is 11.3 Å². The molecule has 2 aromatic heterocycles. The molecule has 7 nitrogen and oxygen atoms in total. The molecule has 7 rings (SSSR count). The number of allylic oxidation sites excluding steroid dienone is 4. The maximum atomic E-state index is 5.16. The van der Waals surface area contributed by atoms with Gasteiger partial charge in [0.1, 0.15) is 11.5 Å². The first kappa shape index (κ1) is 24.2. The van der Waals surface area contributed by atoms with E-state index < -0.39 is 0 Å². The first-order valence-corrected chi connectivity index (χ1v) is 14.6. The van der Waals surface area contributed by atoms with Crippen LogP contribution in [-0.2, 0) is 6.54 Å². The maximum absolute atomic E-state index is 5.16. The highest BCUT2D eigenvalue weighted by molar-refractivity contribution is 6.03. The third kappa shape index (κ3) is 4.60. The molecule has 1 atom stereocenters. The van der Waals surface area contributed by atoms with Gasteiger partial charge in [-0.3, -0.25) is 14.8 Å². The summed E-state index contributed by atoms with van der Waals surface area (Å²) in [6, 6.07) is 7.43. The average molecular weight is 512 g/mol. The van der Waals surface area contributed by atoms with Crippen LogP contribution in [-0.4, -0.2) is 94.9 Å². The zero-order chi connectivity index (χ0) is 25.7. The number of rotatable bonds is 6. The number of hydrogen-bond acceptors (Lipinski definition) is 6. The van der Waals surface area contributed by atoms with Crippen LogP contribution in [0.1, 0.15) is 26.7 Å². The van der Waals surface area contributed by atoms with E-state index in [0.717, 1.165) is 56.8 Å². The Bertz CT molecular complexity index is 1290.